The molecule has 1 aromatic heterocycles. The SMILES string of the molecule is CC(c1nc(-c2ccccc2)no1)N1CCCC(C)(CO)C1. The van der Waals surface area contributed by atoms with Gasteiger partial charge in [-0.1, -0.05) is 42.4 Å². The molecular weight excluding hydrogens is 278 g/mol. The van der Waals surface area contributed by atoms with Gasteiger partial charge in [-0.25, -0.2) is 0 Å². The van der Waals surface area contributed by atoms with Crippen molar-refractivity contribution in [2.75, 3.05) is 19.7 Å². The molecule has 0 saturated carbocycles. The van der Waals surface area contributed by atoms with Crippen molar-refractivity contribution in [3.63, 3.8) is 0 Å². The van der Waals surface area contributed by atoms with Crippen LogP contribution in [0.5, 0.6) is 0 Å². The molecule has 22 heavy (non-hydrogen) atoms. The molecule has 0 bridgehead atoms. The Bertz CT molecular complexity index is 613. The van der Waals surface area contributed by atoms with Crippen molar-refractivity contribution in [1.82, 2.24) is 15.0 Å². The Morgan fingerprint density at radius 3 is 2.86 bits per heavy atom. The molecule has 1 fully saturated rings. The monoisotopic (exact) mass is 301 g/mol. The topological polar surface area (TPSA) is 62.4 Å². The molecule has 2 unspecified atom stereocenters. The zero-order chi connectivity index (χ0) is 15.6. The van der Waals surface area contributed by atoms with Crippen LogP contribution in [0, 0.1) is 5.41 Å². The predicted molar refractivity (Wildman–Crippen MR) is 84.1 cm³/mol. The maximum absolute atomic E-state index is 9.60. The molecule has 2 heterocycles. The Kier molecular flexibility index (Phi) is 4.27. The van der Waals surface area contributed by atoms with Gasteiger partial charge in [0.2, 0.25) is 11.7 Å². The minimum absolute atomic E-state index is 0.0329. The van der Waals surface area contributed by atoms with E-state index < -0.39 is 0 Å². The highest BCUT2D eigenvalue weighted by molar-refractivity contribution is 5.53. The van der Waals surface area contributed by atoms with E-state index in [9.17, 15) is 5.11 Å². The van der Waals surface area contributed by atoms with Crippen LogP contribution in [-0.2, 0) is 0 Å². The molecule has 0 amide bonds. The second kappa shape index (κ2) is 6.18. The van der Waals surface area contributed by atoms with E-state index in [0.29, 0.717) is 11.7 Å². The zero-order valence-electron chi connectivity index (χ0n) is 13.2. The van der Waals surface area contributed by atoms with Gasteiger partial charge < -0.3 is 9.63 Å². The molecule has 5 heteroatoms. The molecule has 1 saturated heterocycles. The van der Waals surface area contributed by atoms with E-state index in [1.54, 1.807) is 0 Å². The number of piperidine rings is 1. The maximum Gasteiger partial charge on any atom is 0.244 e. The Morgan fingerprint density at radius 1 is 1.36 bits per heavy atom. The van der Waals surface area contributed by atoms with Gasteiger partial charge in [0, 0.05) is 24.1 Å². The van der Waals surface area contributed by atoms with Gasteiger partial charge in [-0.2, -0.15) is 4.98 Å². The summed E-state index contributed by atoms with van der Waals surface area (Å²) in [6, 6.07) is 9.91. The zero-order valence-corrected chi connectivity index (χ0v) is 13.2. The summed E-state index contributed by atoms with van der Waals surface area (Å²) in [5.74, 6) is 1.27. The standard InChI is InChI=1S/C17H23N3O2/c1-13(20-10-6-9-17(2,11-20)12-21)16-18-15(19-22-16)14-7-4-3-5-8-14/h3-5,7-8,13,21H,6,9-12H2,1-2H3. The van der Waals surface area contributed by atoms with Crippen LogP contribution < -0.4 is 0 Å². The number of hydrogen-bond donors (Lipinski definition) is 1. The molecular formula is C17H23N3O2. The van der Waals surface area contributed by atoms with Crippen LogP contribution in [-0.4, -0.2) is 39.8 Å². The van der Waals surface area contributed by atoms with Crippen LogP contribution in [0.25, 0.3) is 11.4 Å². The number of nitrogens with zero attached hydrogens (tertiary/aromatic N) is 3. The fourth-order valence-electron chi connectivity index (χ4n) is 3.08. The molecule has 3 rings (SSSR count). The molecule has 5 nitrogen and oxygen atoms in total. The highest BCUT2D eigenvalue weighted by Gasteiger charge is 2.34. The quantitative estimate of drug-likeness (QED) is 0.941. The summed E-state index contributed by atoms with van der Waals surface area (Å²) < 4.78 is 5.47. The molecule has 1 aliphatic rings. The predicted octanol–water partition coefficient (Wildman–Crippen LogP) is 2.89. The largest absolute Gasteiger partial charge is 0.396 e. The molecule has 1 aromatic carbocycles. The summed E-state index contributed by atoms with van der Waals surface area (Å²) in [6.45, 7) is 6.29. The van der Waals surface area contributed by atoms with Gasteiger partial charge in [0.1, 0.15) is 0 Å². The lowest BCUT2D eigenvalue weighted by molar-refractivity contribution is 0.0211. The van der Waals surface area contributed by atoms with E-state index in [2.05, 4.69) is 28.9 Å². The summed E-state index contributed by atoms with van der Waals surface area (Å²) in [4.78, 5) is 6.87. The molecule has 0 radical (unpaired) electrons. The van der Waals surface area contributed by atoms with Gasteiger partial charge in [-0.15, -0.1) is 0 Å². The van der Waals surface area contributed by atoms with E-state index in [0.717, 1.165) is 31.5 Å². The Balaban J connectivity index is 1.75. The number of benzene rings is 1. The average Bonchev–Trinajstić information content (AvgIpc) is 3.05. The van der Waals surface area contributed by atoms with Gasteiger partial charge in [0.25, 0.3) is 0 Å². The van der Waals surface area contributed by atoms with Gasteiger partial charge >= 0.3 is 0 Å². The average molecular weight is 301 g/mol. The Hall–Kier alpha value is -1.72. The lowest BCUT2D eigenvalue weighted by atomic mass is 9.82. The first kappa shape index (κ1) is 15.2. The lowest BCUT2D eigenvalue weighted by Gasteiger charge is -2.41. The number of aliphatic hydroxyl groups excluding tert-OH is 1. The Labute approximate surface area is 131 Å². The minimum atomic E-state index is -0.0329. The van der Waals surface area contributed by atoms with Gasteiger partial charge in [0.15, 0.2) is 0 Å². The fraction of sp³-hybridized carbons (Fsp3) is 0.529. The van der Waals surface area contributed by atoms with Crippen LogP contribution >= 0.6 is 0 Å². The van der Waals surface area contributed by atoms with Crippen molar-refractivity contribution in [1.29, 1.82) is 0 Å². The van der Waals surface area contributed by atoms with E-state index >= 15 is 0 Å². The van der Waals surface area contributed by atoms with E-state index in [-0.39, 0.29) is 18.1 Å². The highest BCUT2D eigenvalue weighted by Crippen LogP contribution is 2.33. The number of aromatic nitrogens is 2. The number of likely N-dealkylation sites (tertiary alicyclic amines) is 1. The first-order valence-electron chi connectivity index (χ1n) is 7.85. The van der Waals surface area contributed by atoms with Crippen molar-refractivity contribution in [2.45, 2.75) is 32.7 Å². The van der Waals surface area contributed by atoms with Crippen molar-refractivity contribution >= 4 is 0 Å². The third-order valence-corrected chi connectivity index (χ3v) is 4.57. The van der Waals surface area contributed by atoms with Crippen LogP contribution in [0.1, 0.15) is 38.6 Å². The highest BCUT2D eigenvalue weighted by atomic mass is 16.5. The number of hydrogen-bond acceptors (Lipinski definition) is 5. The van der Waals surface area contributed by atoms with Crippen LogP contribution in [0.2, 0.25) is 0 Å². The second-order valence-electron chi connectivity index (χ2n) is 6.54. The first-order valence-corrected chi connectivity index (χ1v) is 7.85. The van der Waals surface area contributed by atoms with Crippen LogP contribution in [0.3, 0.4) is 0 Å². The van der Waals surface area contributed by atoms with Crippen molar-refractivity contribution in [2.24, 2.45) is 5.41 Å². The number of rotatable bonds is 4. The van der Waals surface area contributed by atoms with E-state index in [1.165, 1.54) is 0 Å². The fourth-order valence-corrected chi connectivity index (χ4v) is 3.08. The Morgan fingerprint density at radius 2 is 2.14 bits per heavy atom. The molecule has 2 atom stereocenters. The van der Waals surface area contributed by atoms with Gasteiger partial charge in [-0.05, 0) is 26.3 Å². The smallest absolute Gasteiger partial charge is 0.244 e. The minimum Gasteiger partial charge on any atom is -0.396 e. The first-order chi connectivity index (χ1) is 10.6. The molecule has 0 aliphatic carbocycles. The molecule has 1 N–H and O–H groups in total. The summed E-state index contributed by atoms with van der Waals surface area (Å²) in [7, 11) is 0. The van der Waals surface area contributed by atoms with Gasteiger partial charge in [0.05, 0.1) is 6.04 Å². The third kappa shape index (κ3) is 3.05. The van der Waals surface area contributed by atoms with Crippen LogP contribution in [0.15, 0.2) is 34.9 Å². The lowest BCUT2D eigenvalue weighted by Crippen LogP contribution is -2.44. The number of aliphatic hydroxyl groups is 1. The summed E-state index contributed by atoms with van der Waals surface area (Å²) in [6.07, 6.45) is 2.15. The van der Waals surface area contributed by atoms with Crippen molar-refractivity contribution < 1.29 is 9.63 Å². The van der Waals surface area contributed by atoms with Crippen molar-refractivity contribution in [3.8, 4) is 11.4 Å². The molecule has 2 aromatic rings. The summed E-state index contributed by atoms with van der Waals surface area (Å²) in [5, 5.41) is 13.7. The molecule has 1 aliphatic heterocycles. The van der Waals surface area contributed by atoms with E-state index in [4.69, 9.17) is 4.52 Å². The molecule has 118 valence electrons. The maximum atomic E-state index is 9.60. The third-order valence-electron chi connectivity index (χ3n) is 4.57. The molecule has 0 spiro atoms. The summed E-state index contributed by atoms with van der Waals surface area (Å²) >= 11 is 0. The van der Waals surface area contributed by atoms with Crippen molar-refractivity contribution in [3.05, 3.63) is 36.2 Å². The van der Waals surface area contributed by atoms with Gasteiger partial charge in [-0.3, -0.25) is 4.90 Å². The van der Waals surface area contributed by atoms with E-state index in [1.807, 2.05) is 30.3 Å². The second-order valence-corrected chi connectivity index (χ2v) is 6.54. The van der Waals surface area contributed by atoms with Crippen LogP contribution in [0.4, 0.5) is 0 Å². The normalized spacial score (nSPS) is 24.3. The summed E-state index contributed by atoms with van der Waals surface area (Å²) in [5.41, 5.74) is 0.929.